The first-order valence-corrected chi connectivity index (χ1v) is 9.22. The lowest BCUT2D eigenvalue weighted by atomic mass is 10.1. The molecule has 0 saturated carbocycles. The topological polar surface area (TPSA) is 52.0 Å². The van der Waals surface area contributed by atoms with Gasteiger partial charge in [-0.2, -0.15) is 5.10 Å². The van der Waals surface area contributed by atoms with E-state index in [1.165, 1.54) is 0 Å². The summed E-state index contributed by atoms with van der Waals surface area (Å²) in [6.07, 6.45) is 1.62. The lowest BCUT2D eigenvalue weighted by molar-refractivity contribution is 0.543. The Morgan fingerprint density at radius 2 is 1.80 bits per heavy atom. The summed E-state index contributed by atoms with van der Waals surface area (Å²) in [5, 5.41) is 4.52. The van der Waals surface area contributed by atoms with Gasteiger partial charge in [0.2, 0.25) is 0 Å². The summed E-state index contributed by atoms with van der Waals surface area (Å²) < 4.78 is 25.5. The average molecular weight is 321 g/mol. The fraction of sp³-hybridized carbons (Fsp3) is 0.786. The molecular formula is C14H25ClN2O2S. The van der Waals surface area contributed by atoms with Crippen LogP contribution in [0.5, 0.6) is 0 Å². The van der Waals surface area contributed by atoms with Crippen LogP contribution in [0.25, 0.3) is 0 Å². The summed E-state index contributed by atoms with van der Waals surface area (Å²) in [5.74, 6) is 0.536. The smallest absolute Gasteiger partial charge is 0.157 e. The average Bonchev–Trinajstić information content (AvgIpc) is 2.71. The van der Waals surface area contributed by atoms with E-state index in [0.717, 1.165) is 29.8 Å². The van der Waals surface area contributed by atoms with Crippen molar-refractivity contribution in [2.24, 2.45) is 0 Å². The molecule has 1 aromatic rings. The minimum atomic E-state index is -3.13. The fourth-order valence-corrected chi connectivity index (χ4v) is 3.45. The standard InChI is InChI=1S/C14H25ClN2O2S/c1-6-12-11(10-15)13(7-2)17(16-12)8-9-20(18,19)14(3,4)5/h6-10H2,1-5H3. The first-order valence-electron chi connectivity index (χ1n) is 7.03. The van der Waals surface area contributed by atoms with Gasteiger partial charge in [-0.3, -0.25) is 4.68 Å². The van der Waals surface area contributed by atoms with Gasteiger partial charge in [0.1, 0.15) is 0 Å². The van der Waals surface area contributed by atoms with Gasteiger partial charge in [-0.05, 0) is 33.6 Å². The second-order valence-electron chi connectivity index (χ2n) is 5.87. The van der Waals surface area contributed by atoms with Crippen LogP contribution < -0.4 is 0 Å². The minimum Gasteiger partial charge on any atom is -0.268 e. The summed E-state index contributed by atoms with van der Waals surface area (Å²) >= 11 is 6.00. The predicted octanol–water partition coefficient (Wildman–Crippen LogP) is 2.96. The van der Waals surface area contributed by atoms with Crippen molar-refractivity contribution < 1.29 is 8.42 Å². The van der Waals surface area contributed by atoms with Crippen LogP contribution in [0.2, 0.25) is 0 Å². The van der Waals surface area contributed by atoms with E-state index in [0.29, 0.717) is 12.4 Å². The Morgan fingerprint density at radius 1 is 1.20 bits per heavy atom. The molecule has 0 N–H and O–H groups in total. The van der Waals surface area contributed by atoms with Crippen LogP contribution in [0.4, 0.5) is 0 Å². The van der Waals surface area contributed by atoms with Crippen molar-refractivity contribution in [2.75, 3.05) is 5.75 Å². The van der Waals surface area contributed by atoms with Crippen molar-refractivity contribution in [2.45, 2.75) is 64.6 Å². The summed E-state index contributed by atoms with van der Waals surface area (Å²) in [7, 11) is -3.13. The molecule has 0 aliphatic heterocycles. The fourth-order valence-electron chi connectivity index (χ4n) is 2.12. The quantitative estimate of drug-likeness (QED) is 0.757. The van der Waals surface area contributed by atoms with Gasteiger partial charge in [0.25, 0.3) is 0 Å². The van der Waals surface area contributed by atoms with Crippen LogP contribution in [-0.4, -0.2) is 28.7 Å². The number of aryl methyl sites for hydroxylation is 2. The summed E-state index contributed by atoms with van der Waals surface area (Å²) in [6, 6.07) is 0. The molecule has 0 atom stereocenters. The Balaban J connectivity index is 3.03. The summed E-state index contributed by atoms with van der Waals surface area (Å²) in [4.78, 5) is 0. The van der Waals surface area contributed by atoms with Crippen LogP contribution in [-0.2, 0) is 35.1 Å². The molecule has 6 heteroatoms. The number of halogens is 1. The minimum absolute atomic E-state index is 0.107. The molecule has 4 nitrogen and oxygen atoms in total. The van der Waals surface area contributed by atoms with Crippen LogP contribution in [0.1, 0.15) is 51.6 Å². The molecule has 20 heavy (non-hydrogen) atoms. The predicted molar refractivity (Wildman–Crippen MR) is 84.1 cm³/mol. The van der Waals surface area contributed by atoms with Crippen molar-refractivity contribution in [3.05, 3.63) is 17.0 Å². The lowest BCUT2D eigenvalue weighted by Crippen LogP contribution is -2.32. The van der Waals surface area contributed by atoms with E-state index >= 15 is 0 Å². The highest BCUT2D eigenvalue weighted by Crippen LogP contribution is 2.20. The zero-order chi connectivity index (χ0) is 15.6. The van der Waals surface area contributed by atoms with Crippen molar-refractivity contribution >= 4 is 21.4 Å². The molecule has 0 amide bonds. The maximum Gasteiger partial charge on any atom is 0.157 e. The highest BCUT2D eigenvalue weighted by atomic mass is 35.5. The van der Waals surface area contributed by atoms with Crippen LogP contribution in [0, 0.1) is 0 Å². The number of aromatic nitrogens is 2. The Hall–Kier alpha value is -0.550. The second-order valence-corrected chi connectivity index (χ2v) is 9.00. The highest BCUT2D eigenvalue weighted by Gasteiger charge is 2.29. The molecule has 0 aliphatic carbocycles. The lowest BCUT2D eigenvalue weighted by Gasteiger charge is -2.19. The van der Waals surface area contributed by atoms with Crippen LogP contribution in [0.15, 0.2) is 0 Å². The normalized spacial score (nSPS) is 12.9. The number of hydrogen-bond acceptors (Lipinski definition) is 3. The van der Waals surface area contributed by atoms with Gasteiger partial charge >= 0.3 is 0 Å². The zero-order valence-corrected chi connectivity index (χ0v) is 14.6. The van der Waals surface area contributed by atoms with E-state index in [4.69, 9.17) is 11.6 Å². The third-order valence-electron chi connectivity index (χ3n) is 3.56. The SMILES string of the molecule is CCc1nn(CCS(=O)(=O)C(C)(C)C)c(CC)c1CCl. The number of alkyl halides is 1. The molecule has 1 rings (SSSR count). The molecule has 0 radical (unpaired) electrons. The van der Waals surface area contributed by atoms with E-state index < -0.39 is 14.6 Å². The molecule has 0 aliphatic rings. The van der Waals surface area contributed by atoms with Crippen molar-refractivity contribution in [1.82, 2.24) is 9.78 Å². The molecule has 0 bridgehead atoms. The molecule has 1 heterocycles. The van der Waals surface area contributed by atoms with Gasteiger partial charge < -0.3 is 0 Å². The van der Waals surface area contributed by atoms with Gasteiger partial charge in [0.15, 0.2) is 9.84 Å². The van der Waals surface area contributed by atoms with Crippen molar-refractivity contribution in [3.63, 3.8) is 0 Å². The third-order valence-corrected chi connectivity index (χ3v) is 6.41. The van der Waals surface area contributed by atoms with Gasteiger partial charge in [0, 0.05) is 11.3 Å². The number of nitrogens with zero attached hydrogens (tertiary/aromatic N) is 2. The molecule has 0 unspecified atom stereocenters. The first-order chi connectivity index (χ1) is 9.17. The Labute approximate surface area is 127 Å². The monoisotopic (exact) mass is 320 g/mol. The summed E-state index contributed by atoms with van der Waals surface area (Å²) in [5.41, 5.74) is 3.09. The van der Waals surface area contributed by atoms with Gasteiger partial charge in [0.05, 0.1) is 28.6 Å². The number of rotatable bonds is 6. The molecule has 0 fully saturated rings. The van der Waals surface area contributed by atoms with Gasteiger partial charge in [-0.15, -0.1) is 11.6 Å². The Bertz CT molecular complexity index is 556. The zero-order valence-electron chi connectivity index (χ0n) is 13.0. The van der Waals surface area contributed by atoms with E-state index in [9.17, 15) is 8.42 Å². The summed E-state index contributed by atoms with van der Waals surface area (Å²) in [6.45, 7) is 9.66. The second kappa shape index (κ2) is 6.48. The number of hydrogen-bond donors (Lipinski definition) is 0. The molecule has 0 spiro atoms. The van der Waals surface area contributed by atoms with Crippen molar-refractivity contribution in [3.8, 4) is 0 Å². The third kappa shape index (κ3) is 3.55. The molecule has 0 saturated heterocycles. The number of sulfone groups is 1. The maximum atomic E-state index is 12.2. The molecule has 1 aromatic heterocycles. The molecular weight excluding hydrogens is 296 g/mol. The Morgan fingerprint density at radius 3 is 2.20 bits per heavy atom. The van der Waals surface area contributed by atoms with E-state index in [-0.39, 0.29) is 5.75 Å². The van der Waals surface area contributed by atoms with Crippen molar-refractivity contribution in [1.29, 1.82) is 0 Å². The largest absolute Gasteiger partial charge is 0.268 e. The van der Waals surface area contributed by atoms with Crippen LogP contribution >= 0.6 is 11.6 Å². The molecule has 0 aromatic carbocycles. The van der Waals surface area contributed by atoms with Gasteiger partial charge in [-0.1, -0.05) is 13.8 Å². The highest BCUT2D eigenvalue weighted by molar-refractivity contribution is 7.92. The molecule has 116 valence electrons. The van der Waals surface area contributed by atoms with E-state index in [2.05, 4.69) is 5.10 Å². The van der Waals surface area contributed by atoms with E-state index in [1.807, 2.05) is 18.5 Å². The van der Waals surface area contributed by atoms with E-state index in [1.54, 1.807) is 20.8 Å². The van der Waals surface area contributed by atoms with Gasteiger partial charge in [-0.25, -0.2) is 8.42 Å². The van der Waals surface area contributed by atoms with Crippen LogP contribution in [0.3, 0.4) is 0 Å². The first kappa shape index (κ1) is 17.5. The maximum absolute atomic E-state index is 12.2. The Kier molecular flexibility index (Phi) is 5.67.